The Labute approximate surface area is 125 Å². The van der Waals surface area contributed by atoms with E-state index >= 15 is 0 Å². The highest BCUT2D eigenvalue weighted by Gasteiger charge is 2.22. The van der Waals surface area contributed by atoms with Crippen LogP contribution in [0.4, 0.5) is 5.13 Å². The fraction of sp³-hybridized carbons (Fsp3) is 0.727. The summed E-state index contributed by atoms with van der Waals surface area (Å²) >= 11 is 3.23. The summed E-state index contributed by atoms with van der Waals surface area (Å²) in [5.41, 5.74) is 0. The third-order valence-electron chi connectivity index (χ3n) is 2.97. The van der Waals surface area contributed by atoms with Crippen LogP contribution in [0, 0.1) is 0 Å². The normalized spacial score (nSPS) is 14.7. The Kier molecular flexibility index (Phi) is 4.46. The summed E-state index contributed by atoms with van der Waals surface area (Å²) in [4.78, 5) is 0. The molecule has 0 unspecified atom stereocenters. The van der Waals surface area contributed by atoms with Crippen molar-refractivity contribution in [2.75, 3.05) is 5.32 Å². The summed E-state index contributed by atoms with van der Waals surface area (Å²) in [5.74, 6) is 1.63. The van der Waals surface area contributed by atoms with Gasteiger partial charge in [0.2, 0.25) is 5.13 Å². The molecule has 108 valence electrons. The average Bonchev–Trinajstić information content (AvgIpc) is 2.98. The molecule has 20 heavy (non-hydrogen) atoms. The van der Waals surface area contributed by atoms with Crippen molar-refractivity contribution in [3.05, 3.63) is 5.82 Å². The second-order valence-corrected chi connectivity index (χ2v) is 6.95. The number of thioether (sulfide) groups is 1. The van der Waals surface area contributed by atoms with E-state index in [1.165, 1.54) is 12.8 Å². The molecule has 1 aliphatic rings. The van der Waals surface area contributed by atoms with Crippen LogP contribution in [0.5, 0.6) is 0 Å². The second-order valence-electron chi connectivity index (χ2n) is 4.75. The summed E-state index contributed by atoms with van der Waals surface area (Å²) in [6, 6.07) is 0.613. The Balaban J connectivity index is 1.53. The molecule has 0 spiro atoms. The molecule has 0 atom stereocenters. The zero-order chi connectivity index (χ0) is 13.8. The van der Waals surface area contributed by atoms with Crippen molar-refractivity contribution >= 4 is 28.2 Å². The first-order valence-corrected chi connectivity index (χ1v) is 8.63. The van der Waals surface area contributed by atoms with Crippen LogP contribution in [0.15, 0.2) is 4.34 Å². The van der Waals surface area contributed by atoms with Crippen LogP contribution in [0.25, 0.3) is 0 Å². The number of hydrogen-bond acceptors (Lipinski definition) is 8. The maximum absolute atomic E-state index is 4.18. The highest BCUT2D eigenvalue weighted by atomic mass is 32.2. The Hall–Kier alpha value is -1.22. The number of hydrogen-bond donors (Lipinski definition) is 1. The zero-order valence-corrected chi connectivity index (χ0v) is 13.0. The summed E-state index contributed by atoms with van der Waals surface area (Å²) in [6.45, 7) is 3.04. The first kappa shape index (κ1) is 13.7. The molecule has 0 aliphatic heterocycles. The molecule has 0 amide bonds. The summed E-state index contributed by atoms with van der Waals surface area (Å²) in [5, 5.41) is 24.4. The van der Waals surface area contributed by atoms with Gasteiger partial charge in [-0.3, -0.25) is 0 Å². The van der Waals surface area contributed by atoms with E-state index in [1.807, 2.05) is 4.68 Å². The first-order valence-electron chi connectivity index (χ1n) is 6.83. The lowest BCUT2D eigenvalue weighted by Crippen LogP contribution is -2.04. The monoisotopic (exact) mass is 311 g/mol. The maximum Gasteiger partial charge on any atom is 0.206 e. The molecule has 2 aromatic rings. The molecule has 1 fully saturated rings. The van der Waals surface area contributed by atoms with Crippen LogP contribution in [-0.2, 0) is 12.3 Å². The van der Waals surface area contributed by atoms with E-state index < -0.39 is 0 Å². The number of nitrogens with zero attached hydrogens (tertiary/aromatic N) is 6. The van der Waals surface area contributed by atoms with Crippen molar-refractivity contribution in [3.8, 4) is 0 Å². The molecule has 2 heterocycles. The quantitative estimate of drug-likeness (QED) is 0.748. The minimum atomic E-state index is 0.613. The van der Waals surface area contributed by atoms with Gasteiger partial charge in [0.05, 0.1) is 5.75 Å². The number of rotatable bonds is 8. The molecular weight excluding hydrogens is 294 g/mol. The fourth-order valence-corrected chi connectivity index (χ4v) is 3.42. The molecule has 1 saturated carbocycles. The van der Waals surface area contributed by atoms with Gasteiger partial charge in [-0.25, -0.2) is 4.68 Å². The molecule has 0 bridgehead atoms. The third-order valence-corrected chi connectivity index (χ3v) is 4.95. The van der Waals surface area contributed by atoms with Crippen LogP contribution in [0.3, 0.4) is 0 Å². The van der Waals surface area contributed by atoms with Gasteiger partial charge in [-0.2, -0.15) is 0 Å². The molecule has 0 saturated heterocycles. The molecule has 9 heteroatoms. The van der Waals surface area contributed by atoms with Crippen molar-refractivity contribution < 1.29 is 0 Å². The largest absolute Gasteiger partial charge is 0.357 e. The van der Waals surface area contributed by atoms with Crippen LogP contribution in [-0.4, -0.2) is 36.4 Å². The van der Waals surface area contributed by atoms with Gasteiger partial charge in [-0.05, 0) is 29.7 Å². The Morgan fingerprint density at radius 2 is 2.25 bits per heavy atom. The number of aryl methyl sites for hydroxylation is 1. The predicted molar refractivity (Wildman–Crippen MR) is 78.8 cm³/mol. The zero-order valence-electron chi connectivity index (χ0n) is 11.3. The minimum Gasteiger partial charge on any atom is -0.357 e. The molecule has 1 N–H and O–H groups in total. The SMILES string of the molecule is CCCCn1nnnc1CSc1nnc(NC2CC2)s1. The molecular formula is C11H17N7S2. The van der Waals surface area contributed by atoms with E-state index in [9.17, 15) is 0 Å². The molecule has 0 aromatic carbocycles. The first-order chi connectivity index (χ1) is 9.85. The summed E-state index contributed by atoms with van der Waals surface area (Å²) in [6.07, 6.45) is 4.72. The highest BCUT2D eigenvalue weighted by Crippen LogP contribution is 2.31. The van der Waals surface area contributed by atoms with E-state index in [-0.39, 0.29) is 0 Å². The van der Waals surface area contributed by atoms with Gasteiger partial charge in [-0.1, -0.05) is 36.4 Å². The van der Waals surface area contributed by atoms with Gasteiger partial charge in [0, 0.05) is 12.6 Å². The van der Waals surface area contributed by atoms with Gasteiger partial charge in [0.1, 0.15) is 0 Å². The lowest BCUT2D eigenvalue weighted by Gasteiger charge is -2.01. The van der Waals surface area contributed by atoms with Crippen LogP contribution in [0.1, 0.15) is 38.4 Å². The van der Waals surface area contributed by atoms with Gasteiger partial charge in [0.25, 0.3) is 0 Å². The van der Waals surface area contributed by atoms with Crippen molar-refractivity contribution in [2.45, 2.75) is 55.3 Å². The summed E-state index contributed by atoms with van der Waals surface area (Å²) in [7, 11) is 0. The van der Waals surface area contributed by atoms with Crippen molar-refractivity contribution in [3.63, 3.8) is 0 Å². The van der Waals surface area contributed by atoms with E-state index in [1.54, 1.807) is 23.1 Å². The topological polar surface area (TPSA) is 81.4 Å². The second kappa shape index (κ2) is 6.49. The maximum atomic E-state index is 4.18. The lowest BCUT2D eigenvalue weighted by molar-refractivity contribution is 0.540. The van der Waals surface area contributed by atoms with Gasteiger partial charge >= 0.3 is 0 Å². The Morgan fingerprint density at radius 3 is 3.05 bits per heavy atom. The van der Waals surface area contributed by atoms with Gasteiger partial charge in [0.15, 0.2) is 10.2 Å². The Morgan fingerprint density at radius 1 is 1.35 bits per heavy atom. The minimum absolute atomic E-state index is 0.613. The summed E-state index contributed by atoms with van der Waals surface area (Å²) < 4.78 is 2.83. The molecule has 1 aliphatic carbocycles. The predicted octanol–water partition coefficient (Wildman–Crippen LogP) is 2.19. The molecule has 7 nitrogen and oxygen atoms in total. The van der Waals surface area contributed by atoms with E-state index in [2.05, 4.69) is 38.0 Å². The van der Waals surface area contributed by atoms with Crippen molar-refractivity contribution in [1.82, 2.24) is 30.4 Å². The number of anilines is 1. The number of tetrazole rings is 1. The van der Waals surface area contributed by atoms with Crippen molar-refractivity contribution in [1.29, 1.82) is 0 Å². The standard InChI is InChI=1S/C11H17N7S2/c1-2-3-6-18-9(13-16-17-18)7-19-11-15-14-10(20-11)12-8-4-5-8/h8H,2-7H2,1H3,(H,12,14). The smallest absolute Gasteiger partial charge is 0.206 e. The lowest BCUT2D eigenvalue weighted by atomic mass is 10.3. The molecule has 2 aromatic heterocycles. The van der Waals surface area contributed by atoms with Gasteiger partial charge in [-0.15, -0.1) is 15.3 Å². The van der Waals surface area contributed by atoms with Crippen LogP contribution < -0.4 is 5.32 Å². The van der Waals surface area contributed by atoms with E-state index in [4.69, 9.17) is 0 Å². The molecule has 0 radical (unpaired) electrons. The van der Waals surface area contributed by atoms with Crippen LogP contribution >= 0.6 is 23.1 Å². The number of unbranched alkanes of at least 4 members (excludes halogenated alkanes) is 1. The van der Waals surface area contributed by atoms with E-state index in [0.717, 1.165) is 40.4 Å². The highest BCUT2D eigenvalue weighted by molar-refractivity contribution is 8.00. The number of aromatic nitrogens is 6. The van der Waals surface area contributed by atoms with Crippen LogP contribution in [0.2, 0.25) is 0 Å². The number of nitrogens with one attached hydrogen (secondary N) is 1. The van der Waals surface area contributed by atoms with Gasteiger partial charge < -0.3 is 5.32 Å². The average molecular weight is 311 g/mol. The Bertz CT molecular complexity index is 548. The third kappa shape index (κ3) is 3.66. The van der Waals surface area contributed by atoms with Crippen molar-refractivity contribution in [2.24, 2.45) is 0 Å². The molecule has 3 rings (SSSR count). The fourth-order valence-electron chi connectivity index (χ4n) is 1.66. The van der Waals surface area contributed by atoms with E-state index in [0.29, 0.717) is 6.04 Å².